The first-order chi connectivity index (χ1) is 9.44. The van der Waals surface area contributed by atoms with E-state index >= 15 is 0 Å². The number of rotatable bonds is 6. The first kappa shape index (κ1) is 15.7. The van der Waals surface area contributed by atoms with Crippen molar-refractivity contribution in [3.05, 3.63) is 0 Å². The van der Waals surface area contributed by atoms with Crippen LogP contribution in [0.15, 0.2) is 0 Å². The van der Waals surface area contributed by atoms with Gasteiger partial charge in [0, 0.05) is 13.1 Å². The molecule has 1 spiro atoms. The fraction of sp³-hybridized carbons (Fsp3) is 0.867. The average Bonchev–Trinajstić information content (AvgIpc) is 3.09. The van der Waals surface area contributed by atoms with E-state index < -0.39 is 5.97 Å². The molecule has 20 heavy (non-hydrogen) atoms. The highest BCUT2D eigenvalue weighted by Gasteiger charge is 2.59. The number of thioether (sulfide) groups is 1. The van der Waals surface area contributed by atoms with Gasteiger partial charge >= 0.3 is 5.97 Å². The normalized spacial score (nSPS) is 24.1. The molecule has 5 heteroatoms. The Labute approximate surface area is 125 Å². The largest absolute Gasteiger partial charge is 0.481 e. The van der Waals surface area contributed by atoms with Gasteiger partial charge in [0.1, 0.15) is 0 Å². The molecule has 1 N–H and O–H groups in total. The third-order valence-corrected chi connectivity index (χ3v) is 5.64. The van der Waals surface area contributed by atoms with E-state index in [-0.39, 0.29) is 17.2 Å². The number of likely N-dealkylation sites (tertiary alicyclic amines) is 1. The van der Waals surface area contributed by atoms with Gasteiger partial charge in [-0.1, -0.05) is 13.8 Å². The van der Waals surface area contributed by atoms with Gasteiger partial charge in [0.2, 0.25) is 5.91 Å². The second-order valence-electron chi connectivity index (χ2n) is 6.57. The molecule has 1 amide bonds. The van der Waals surface area contributed by atoms with Crippen molar-refractivity contribution in [2.45, 2.75) is 39.5 Å². The van der Waals surface area contributed by atoms with Gasteiger partial charge in [0.25, 0.3) is 0 Å². The Morgan fingerprint density at radius 3 is 2.50 bits per heavy atom. The molecule has 0 radical (unpaired) electrons. The van der Waals surface area contributed by atoms with Crippen molar-refractivity contribution in [3.63, 3.8) is 0 Å². The summed E-state index contributed by atoms with van der Waals surface area (Å²) in [4.78, 5) is 25.0. The van der Waals surface area contributed by atoms with E-state index in [0.29, 0.717) is 11.7 Å². The topological polar surface area (TPSA) is 57.6 Å². The van der Waals surface area contributed by atoms with Crippen LogP contribution in [-0.4, -0.2) is 46.5 Å². The fourth-order valence-electron chi connectivity index (χ4n) is 3.02. The number of hydrogen-bond donors (Lipinski definition) is 1. The van der Waals surface area contributed by atoms with E-state index in [1.807, 2.05) is 4.90 Å². The summed E-state index contributed by atoms with van der Waals surface area (Å²) in [7, 11) is 0. The van der Waals surface area contributed by atoms with Gasteiger partial charge in [-0.25, -0.2) is 0 Å². The first-order valence-corrected chi connectivity index (χ1v) is 8.68. The molecule has 2 aliphatic rings. The summed E-state index contributed by atoms with van der Waals surface area (Å²) in [5.74, 6) is 1.72. The molecule has 1 aliphatic carbocycles. The number of carbonyl (C=O) groups excluding carboxylic acids is 1. The number of amides is 1. The predicted molar refractivity (Wildman–Crippen MR) is 80.8 cm³/mol. The molecule has 2 fully saturated rings. The standard InChI is InChI=1S/C15H25NO3S/c1-11(2)3-8-20-10-13(17)16-6-4-15(5-7-16)9-12(15)14(18)19/h11-12H,3-10H2,1-2H3,(H,18,19). The van der Waals surface area contributed by atoms with E-state index in [4.69, 9.17) is 5.11 Å². The van der Waals surface area contributed by atoms with E-state index in [0.717, 1.165) is 44.5 Å². The van der Waals surface area contributed by atoms with Crippen LogP contribution >= 0.6 is 11.8 Å². The lowest BCUT2D eigenvalue weighted by Gasteiger charge is -2.32. The molecule has 1 atom stereocenters. The van der Waals surface area contributed by atoms with Crippen LogP contribution in [-0.2, 0) is 9.59 Å². The summed E-state index contributed by atoms with van der Waals surface area (Å²) in [5.41, 5.74) is 0.0212. The van der Waals surface area contributed by atoms with Crippen LogP contribution in [0.3, 0.4) is 0 Å². The Balaban J connectivity index is 1.66. The summed E-state index contributed by atoms with van der Waals surface area (Å²) in [6.45, 7) is 5.88. The lowest BCUT2D eigenvalue weighted by atomic mass is 9.91. The first-order valence-electron chi connectivity index (χ1n) is 7.53. The van der Waals surface area contributed by atoms with Crippen molar-refractivity contribution in [2.24, 2.45) is 17.3 Å². The zero-order chi connectivity index (χ0) is 14.8. The Morgan fingerprint density at radius 2 is 2.00 bits per heavy atom. The lowest BCUT2D eigenvalue weighted by molar-refractivity contribution is -0.139. The molecule has 0 aromatic heterocycles. The molecular weight excluding hydrogens is 274 g/mol. The van der Waals surface area contributed by atoms with E-state index in [1.165, 1.54) is 0 Å². The molecule has 0 bridgehead atoms. The van der Waals surface area contributed by atoms with Crippen molar-refractivity contribution in [2.75, 3.05) is 24.6 Å². The molecule has 0 aromatic rings. The molecule has 0 aromatic carbocycles. The third kappa shape index (κ3) is 3.68. The van der Waals surface area contributed by atoms with Crippen LogP contribution in [0.5, 0.6) is 0 Å². The van der Waals surface area contributed by atoms with Crippen LogP contribution < -0.4 is 0 Å². The molecule has 4 nitrogen and oxygen atoms in total. The summed E-state index contributed by atoms with van der Waals surface area (Å²) in [6, 6.07) is 0. The number of hydrogen-bond acceptors (Lipinski definition) is 3. The Hall–Kier alpha value is -0.710. The van der Waals surface area contributed by atoms with Gasteiger partial charge in [-0.3, -0.25) is 9.59 Å². The molecule has 1 saturated carbocycles. The Morgan fingerprint density at radius 1 is 1.35 bits per heavy atom. The highest BCUT2D eigenvalue weighted by Crippen LogP contribution is 2.59. The Kier molecular flexibility index (Phi) is 4.99. The van der Waals surface area contributed by atoms with Gasteiger partial charge in [-0.05, 0) is 42.8 Å². The number of carbonyl (C=O) groups is 2. The van der Waals surface area contributed by atoms with E-state index in [2.05, 4.69) is 13.8 Å². The highest BCUT2D eigenvalue weighted by molar-refractivity contribution is 7.99. The second kappa shape index (κ2) is 6.37. The summed E-state index contributed by atoms with van der Waals surface area (Å²) in [6.07, 6.45) is 3.70. The molecule has 2 rings (SSSR count). The van der Waals surface area contributed by atoms with Crippen LogP contribution in [0.25, 0.3) is 0 Å². The molecule has 1 saturated heterocycles. The second-order valence-corrected chi connectivity index (χ2v) is 7.68. The van der Waals surface area contributed by atoms with Crippen LogP contribution in [0.1, 0.15) is 39.5 Å². The SMILES string of the molecule is CC(C)CCSCC(=O)N1CCC2(CC1)CC2C(=O)O. The molecule has 1 heterocycles. The van der Waals surface area contributed by atoms with E-state index in [1.54, 1.807) is 11.8 Å². The number of aliphatic carboxylic acids is 1. The molecular formula is C15H25NO3S. The van der Waals surface area contributed by atoms with E-state index in [9.17, 15) is 9.59 Å². The van der Waals surface area contributed by atoms with Crippen LogP contribution in [0.4, 0.5) is 0 Å². The van der Waals surface area contributed by atoms with Crippen LogP contribution in [0, 0.1) is 17.3 Å². The maximum Gasteiger partial charge on any atom is 0.307 e. The minimum atomic E-state index is -0.658. The lowest BCUT2D eigenvalue weighted by Crippen LogP contribution is -2.40. The maximum absolute atomic E-state index is 12.1. The van der Waals surface area contributed by atoms with Gasteiger partial charge < -0.3 is 10.0 Å². The number of carboxylic acids is 1. The van der Waals surface area contributed by atoms with Gasteiger partial charge in [-0.15, -0.1) is 0 Å². The van der Waals surface area contributed by atoms with Crippen molar-refractivity contribution in [3.8, 4) is 0 Å². The van der Waals surface area contributed by atoms with Gasteiger partial charge in [0.05, 0.1) is 11.7 Å². The number of nitrogens with zero attached hydrogens (tertiary/aromatic N) is 1. The predicted octanol–water partition coefficient (Wildman–Crippen LogP) is 2.48. The zero-order valence-electron chi connectivity index (χ0n) is 12.4. The number of carboxylic acid groups (broad SMARTS) is 1. The fourth-order valence-corrected chi connectivity index (χ4v) is 4.16. The summed E-state index contributed by atoms with van der Waals surface area (Å²) in [5, 5.41) is 9.05. The highest BCUT2D eigenvalue weighted by atomic mass is 32.2. The van der Waals surface area contributed by atoms with Gasteiger partial charge in [0.15, 0.2) is 0 Å². The average molecular weight is 299 g/mol. The monoisotopic (exact) mass is 299 g/mol. The maximum atomic E-state index is 12.1. The zero-order valence-corrected chi connectivity index (χ0v) is 13.2. The quantitative estimate of drug-likeness (QED) is 0.766. The summed E-state index contributed by atoms with van der Waals surface area (Å²) < 4.78 is 0. The minimum Gasteiger partial charge on any atom is -0.481 e. The van der Waals surface area contributed by atoms with Crippen molar-refractivity contribution < 1.29 is 14.7 Å². The minimum absolute atomic E-state index is 0.0212. The molecule has 114 valence electrons. The smallest absolute Gasteiger partial charge is 0.307 e. The van der Waals surface area contributed by atoms with Crippen molar-refractivity contribution in [1.29, 1.82) is 0 Å². The molecule has 1 unspecified atom stereocenters. The molecule has 1 aliphatic heterocycles. The van der Waals surface area contributed by atoms with Crippen molar-refractivity contribution in [1.82, 2.24) is 4.90 Å². The van der Waals surface area contributed by atoms with Gasteiger partial charge in [-0.2, -0.15) is 11.8 Å². The Bertz CT molecular complexity index is 375. The van der Waals surface area contributed by atoms with Crippen LogP contribution in [0.2, 0.25) is 0 Å². The number of piperidine rings is 1. The third-order valence-electron chi connectivity index (χ3n) is 4.66. The van der Waals surface area contributed by atoms with Crippen molar-refractivity contribution >= 4 is 23.6 Å². The summed E-state index contributed by atoms with van der Waals surface area (Å²) >= 11 is 1.72.